The average Bonchev–Trinajstić information content (AvgIpc) is 2.91. The fourth-order valence-corrected chi connectivity index (χ4v) is 5.94. The van der Waals surface area contributed by atoms with Gasteiger partial charge in [-0.3, -0.25) is 14.6 Å². The Morgan fingerprint density at radius 2 is 1.46 bits per heavy atom. The first-order chi connectivity index (χ1) is 19.2. The minimum Gasteiger partial charge on any atom is -0.507 e. The summed E-state index contributed by atoms with van der Waals surface area (Å²) < 4.78 is 6.60. The van der Waals surface area contributed by atoms with Crippen molar-refractivity contribution in [3.05, 3.63) is 71.0 Å². The van der Waals surface area contributed by atoms with E-state index in [9.17, 15) is 9.90 Å². The maximum absolute atomic E-state index is 14.7. The molecule has 1 amide bonds. The van der Waals surface area contributed by atoms with Crippen molar-refractivity contribution in [2.75, 3.05) is 36.0 Å². The van der Waals surface area contributed by atoms with Crippen LogP contribution in [-0.4, -0.2) is 54.2 Å². The van der Waals surface area contributed by atoms with Gasteiger partial charge in [0.1, 0.15) is 17.6 Å². The van der Waals surface area contributed by atoms with Crippen LogP contribution in [0.4, 0.5) is 11.4 Å². The van der Waals surface area contributed by atoms with E-state index in [0.717, 1.165) is 54.4 Å². The van der Waals surface area contributed by atoms with Gasteiger partial charge in [0, 0.05) is 47.6 Å². The van der Waals surface area contributed by atoms with Crippen molar-refractivity contribution >= 4 is 17.3 Å². The fraction of sp³-hybridized carbons (Fsp3) is 0.514. The van der Waals surface area contributed by atoms with Gasteiger partial charge in [0.2, 0.25) is 0 Å². The van der Waals surface area contributed by atoms with Crippen molar-refractivity contribution in [3.63, 3.8) is 0 Å². The van der Waals surface area contributed by atoms with Gasteiger partial charge < -0.3 is 14.7 Å². The number of ether oxygens (including phenoxy) is 1. The molecule has 2 unspecified atom stereocenters. The Labute approximate surface area is 247 Å². The molecule has 2 atom stereocenters. The van der Waals surface area contributed by atoms with Crippen molar-refractivity contribution < 1.29 is 14.6 Å². The molecular weight excluding hydrogens is 510 g/mol. The van der Waals surface area contributed by atoms with E-state index < -0.39 is 0 Å². The standard InChI is InChI=1S/C35H49N3O3/c1-11-36(12-2)24-15-17-28-30(21-24)41-31-22-25(37(13-3)14-4)16-18-29(31)38(28)33(40)23-19-26(34(5,6)7)32(39)27(20-23)35(8,9)10/h15-22,24,28,39H,11-14H2,1-10H3. The lowest BCUT2D eigenvalue weighted by atomic mass is 9.78. The van der Waals surface area contributed by atoms with Gasteiger partial charge in [-0.15, -0.1) is 0 Å². The van der Waals surface area contributed by atoms with E-state index in [-0.39, 0.29) is 34.6 Å². The second-order valence-electron chi connectivity index (χ2n) is 13.1. The Bertz CT molecular complexity index is 1300. The number of hydrogen-bond acceptors (Lipinski definition) is 5. The van der Waals surface area contributed by atoms with Crippen LogP contribution in [0.15, 0.2) is 54.3 Å². The molecule has 6 nitrogen and oxygen atoms in total. The summed E-state index contributed by atoms with van der Waals surface area (Å²) in [6.07, 6.45) is 6.44. The zero-order valence-corrected chi connectivity index (χ0v) is 26.7. The zero-order valence-electron chi connectivity index (χ0n) is 26.7. The number of aromatic hydroxyl groups is 1. The molecule has 0 spiro atoms. The highest BCUT2D eigenvalue weighted by atomic mass is 16.5. The van der Waals surface area contributed by atoms with Crippen LogP contribution in [0.3, 0.4) is 0 Å². The van der Waals surface area contributed by atoms with Gasteiger partial charge in [-0.05, 0) is 68.1 Å². The molecule has 1 aliphatic heterocycles. The highest BCUT2D eigenvalue weighted by Gasteiger charge is 2.39. The number of likely N-dealkylation sites (N-methyl/N-ethyl adjacent to an activating group) is 1. The van der Waals surface area contributed by atoms with Crippen LogP contribution in [0.1, 0.15) is 90.7 Å². The second kappa shape index (κ2) is 11.6. The Balaban J connectivity index is 1.90. The number of nitrogens with zero attached hydrogens (tertiary/aromatic N) is 3. The maximum Gasteiger partial charge on any atom is 0.259 e. The molecule has 4 rings (SSSR count). The van der Waals surface area contributed by atoms with Crippen LogP contribution in [0, 0.1) is 0 Å². The van der Waals surface area contributed by atoms with Crippen LogP contribution in [0.2, 0.25) is 0 Å². The van der Waals surface area contributed by atoms with Crippen molar-refractivity contribution in [1.82, 2.24) is 4.90 Å². The van der Waals surface area contributed by atoms with Gasteiger partial charge in [-0.1, -0.05) is 67.5 Å². The Hall–Kier alpha value is -3.25. The average molecular weight is 560 g/mol. The predicted molar refractivity (Wildman–Crippen MR) is 171 cm³/mol. The summed E-state index contributed by atoms with van der Waals surface area (Å²) in [6.45, 7) is 24.6. The number of phenols is 1. The number of carbonyl (C=O) groups excluding carboxylic acids is 1. The lowest BCUT2D eigenvalue weighted by Gasteiger charge is -2.41. The van der Waals surface area contributed by atoms with Gasteiger partial charge >= 0.3 is 0 Å². The van der Waals surface area contributed by atoms with Crippen LogP contribution in [0.5, 0.6) is 11.5 Å². The molecule has 0 saturated carbocycles. The molecule has 0 aromatic heterocycles. The van der Waals surface area contributed by atoms with Gasteiger partial charge in [-0.25, -0.2) is 0 Å². The third kappa shape index (κ3) is 5.90. The molecule has 6 heteroatoms. The topological polar surface area (TPSA) is 56.2 Å². The van der Waals surface area contributed by atoms with Crippen LogP contribution in [-0.2, 0) is 10.8 Å². The first-order valence-corrected chi connectivity index (χ1v) is 15.2. The molecule has 0 bridgehead atoms. The summed E-state index contributed by atoms with van der Waals surface area (Å²) in [7, 11) is 0. The number of amides is 1. The van der Waals surface area contributed by atoms with Gasteiger partial charge in [0.15, 0.2) is 5.75 Å². The van der Waals surface area contributed by atoms with Crippen LogP contribution >= 0.6 is 0 Å². The van der Waals surface area contributed by atoms with E-state index in [4.69, 9.17) is 4.74 Å². The molecule has 0 radical (unpaired) electrons. The number of rotatable bonds is 7. The van der Waals surface area contributed by atoms with E-state index in [1.54, 1.807) is 0 Å². The highest BCUT2D eigenvalue weighted by molar-refractivity contribution is 6.09. The molecule has 41 heavy (non-hydrogen) atoms. The van der Waals surface area contributed by atoms with Crippen molar-refractivity contribution in [1.29, 1.82) is 0 Å². The van der Waals surface area contributed by atoms with E-state index >= 15 is 0 Å². The normalized spacial score (nSPS) is 18.5. The number of fused-ring (bicyclic) bond motifs is 2. The molecule has 2 aromatic rings. The Morgan fingerprint density at radius 3 is 1.98 bits per heavy atom. The smallest absolute Gasteiger partial charge is 0.259 e. The predicted octanol–water partition coefficient (Wildman–Crippen LogP) is 7.41. The Morgan fingerprint density at radius 1 is 0.878 bits per heavy atom. The molecular formula is C35H49N3O3. The minimum atomic E-state index is -0.355. The van der Waals surface area contributed by atoms with E-state index in [2.05, 4.69) is 109 Å². The van der Waals surface area contributed by atoms with Crippen LogP contribution < -0.4 is 14.5 Å². The first-order valence-electron chi connectivity index (χ1n) is 15.2. The third-order valence-corrected chi connectivity index (χ3v) is 8.38. The molecule has 1 aliphatic carbocycles. The minimum absolute atomic E-state index is 0.106. The van der Waals surface area contributed by atoms with E-state index in [1.165, 1.54) is 0 Å². The van der Waals surface area contributed by atoms with Crippen molar-refractivity contribution in [2.24, 2.45) is 0 Å². The lowest BCUT2D eigenvalue weighted by Crippen LogP contribution is -2.47. The number of phenolic OH excluding ortho intramolecular Hbond substituents is 1. The zero-order chi connectivity index (χ0) is 30.3. The van der Waals surface area contributed by atoms with E-state index in [0.29, 0.717) is 11.3 Å². The van der Waals surface area contributed by atoms with Gasteiger partial charge in [0.05, 0.1) is 5.69 Å². The number of benzene rings is 2. The maximum atomic E-state index is 14.7. The number of carbonyl (C=O) groups is 1. The Kier molecular flexibility index (Phi) is 8.65. The quantitative estimate of drug-likeness (QED) is 0.358. The summed E-state index contributed by atoms with van der Waals surface area (Å²) in [5.74, 6) is 1.62. The van der Waals surface area contributed by atoms with Crippen molar-refractivity contribution in [3.8, 4) is 11.5 Å². The summed E-state index contributed by atoms with van der Waals surface area (Å²) in [6, 6.07) is 9.65. The van der Waals surface area contributed by atoms with E-state index in [1.807, 2.05) is 23.1 Å². The second-order valence-corrected chi connectivity index (χ2v) is 13.1. The molecule has 2 aromatic carbocycles. The van der Waals surface area contributed by atoms with Gasteiger partial charge in [-0.2, -0.15) is 0 Å². The fourth-order valence-electron chi connectivity index (χ4n) is 5.94. The summed E-state index contributed by atoms with van der Waals surface area (Å²) in [4.78, 5) is 21.2. The van der Waals surface area contributed by atoms with Crippen molar-refractivity contribution in [2.45, 2.75) is 92.2 Å². The molecule has 2 aliphatic rings. The molecule has 0 saturated heterocycles. The highest BCUT2D eigenvalue weighted by Crippen LogP contribution is 2.44. The largest absolute Gasteiger partial charge is 0.507 e. The lowest BCUT2D eigenvalue weighted by molar-refractivity contribution is 0.0974. The monoisotopic (exact) mass is 559 g/mol. The molecule has 1 heterocycles. The molecule has 1 N–H and O–H groups in total. The number of anilines is 2. The van der Waals surface area contributed by atoms with Crippen LogP contribution in [0.25, 0.3) is 0 Å². The van der Waals surface area contributed by atoms with Gasteiger partial charge in [0.25, 0.3) is 5.91 Å². The SMILES string of the molecule is CCN(CC)c1ccc2c(c1)OC1=CC(N(CC)CC)C=CC1N2C(=O)c1cc(C(C)(C)C)c(O)c(C(C)(C)C)c1. The third-order valence-electron chi connectivity index (χ3n) is 8.38. The molecule has 222 valence electrons. The summed E-state index contributed by atoms with van der Waals surface area (Å²) in [5, 5.41) is 11.3. The first kappa shape index (κ1) is 30.7. The summed E-state index contributed by atoms with van der Waals surface area (Å²) >= 11 is 0. The molecule has 0 fully saturated rings. The number of hydrogen-bond donors (Lipinski definition) is 1. The summed E-state index contributed by atoms with van der Waals surface area (Å²) in [5.41, 5.74) is 3.26.